The molecular formula is C37H45N7O7. The number of pyridine rings is 2. The highest BCUT2D eigenvalue weighted by Gasteiger charge is 2.62. The van der Waals surface area contributed by atoms with Crippen LogP contribution in [0.1, 0.15) is 84.6 Å². The zero-order valence-electron chi connectivity index (χ0n) is 29.2. The number of amides is 3. The summed E-state index contributed by atoms with van der Waals surface area (Å²) in [4.78, 5) is 78.2. The molecular weight excluding hydrogens is 654 g/mol. The number of aromatic nitrogens is 4. The number of nitrogens with one attached hydrogen (secondary N) is 2. The molecule has 3 fully saturated rings. The van der Waals surface area contributed by atoms with E-state index >= 15 is 0 Å². The first-order chi connectivity index (χ1) is 24.4. The molecule has 5 heterocycles. The Morgan fingerprint density at radius 3 is 2.27 bits per heavy atom. The van der Waals surface area contributed by atoms with Gasteiger partial charge in [0.05, 0.1) is 17.8 Å². The van der Waals surface area contributed by atoms with Gasteiger partial charge in [-0.15, -0.1) is 0 Å². The molecule has 3 aromatic rings. The van der Waals surface area contributed by atoms with Gasteiger partial charge in [0.15, 0.2) is 0 Å². The predicted molar refractivity (Wildman–Crippen MR) is 186 cm³/mol. The Hall–Kier alpha value is -5.14. The van der Waals surface area contributed by atoms with Crippen molar-refractivity contribution < 1.29 is 29.0 Å². The van der Waals surface area contributed by atoms with Gasteiger partial charge in [0.1, 0.15) is 23.2 Å². The number of hydrogen-bond donors (Lipinski definition) is 3. The van der Waals surface area contributed by atoms with E-state index in [9.17, 15) is 29.1 Å². The lowest BCUT2D eigenvalue weighted by Crippen LogP contribution is -2.56. The molecule has 3 amide bonds. The molecule has 2 saturated heterocycles. The number of nitrogens with zero attached hydrogens (tertiary/aromatic N) is 5. The number of fused-ring (bicyclic) bond motifs is 2. The number of aliphatic carboxylic acids is 1. The van der Waals surface area contributed by atoms with Gasteiger partial charge < -0.3 is 25.4 Å². The van der Waals surface area contributed by atoms with Crippen LogP contribution in [0.2, 0.25) is 0 Å². The van der Waals surface area contributed by atoms with Crippen LogP contribution in [-0.2, 0) is 19.1 Å². The van der Waals surface area contributed by atoms with Gasteiger partial charge >= 0.3 is 12.1 Å². The molecule has 5 atom stereocenters. The number of carboxylic acid groups (broad SMARTS) is 1. The molecule has 3 N–H and O–H groups in total. The van der Waals surface area contributed by atoms with Gasteiger partial charge in [0, 0.05) is 54.4 Å². The highest BCUT2D eigenvalue weighted by Crippen LogP contribution is 2.47. The van der Waals surface area contributed by atoms with Crippen LogP contribution in [0.15, 0.2) is 60.0 Å². The molecule has 2 aliphatic heterocycles. The van der Waals surface area contributed by atoms with E-state index in [0.29, 0.717) is 47.9 Å². The topological polar surface area (TPSA) is 186 Å². The molecule has 0 radical (unpaired) electrons. The normalized spacial score (nSPS) is 25.7. The van der Waals surface area contributed by atoms with Crippen molar-refractivity contribution in [2.75, 3.05) is 6.54 Å². The van der Waals surface area contributed by atoms with Crippen molar-refractivity contribution in [1.82, 2.24) is 35.3 Å². The standard InChI is InChI=1S/C37H45N7O7/c1-36(2,3)51-35(50)41-28-14-8-6-4-5-7-13-25-18-37(25,34(48)49)42-31(45)29-17-26(22-43(29)32(28)46)44-33(47)30(24-12-10-16-39-20-24)27(21-40-44)23-11-9-15-38-19-23/h9-12,15-16,19-21,25-26,28-29H,4-8,13-14,17-18,22H2,1-3H3,(H,41,50)(H,42,45)(H,48,49)/t25-,26+,28-,29?,37+/m1/s1. The molecule has 3 aromatic heterocycles. The molecule has 14 heteroatoms. The zero-order chi connectivity index (χ0) is 36.3. The Morgan fingerprint density at radius 2 is 1.63 bits per heavy atom. The minimum atomic E-state index is -1.41. The fraction of sp³-hybridized carbons (Fsp3) is 0.514. The summed E-state index contributed by atoms with van der Waals surface area (Å²) in [5, 5.41) is 20.3. The summed E-state index contributed by atoms with van der Waals surface area (Å²) in [6.07, 6.45) is 12.7. The first-order valence-electron chi connectivity index (χ1n) is 17.7. The summed E-state index contributed by atoms with van der Waals surface area (Å²) >= 11 is 0. The van der Waals surface area contributed by atoms with Crippen LogP contribution in [0.25, 0.3) is 22.3 Å². The van der Waals surface area contributed by atoms with Gasteiger partial charge in [0.2, 0.25) is 11.8 Å². The maximum Gasteiger partial charge on any atom is 0.408 e. The number of carbonyl (C=O) groups excluding carboxylic acids is 3. The fourth-order valence-electron chi connectivity index (χ4n) is 7.37. The summed E-state index contributed by atoms with van der Waals surface area (Å²) in [5.41, 5.74) is -0.546. The molecule has 1 unspecified atom stereocenters. The third kappa shape index (κ3) is 7.79. The van der Waals surface area contributed by atoms with Gasteiger partial charge in [-0.2, -0.15) is 5.10 Å². The lowest BCUT2D eigenvalue weighted by molar-refractivity contribution is -0.146. The minimum Gasteiger partial charge on any atom is -0.479 e. The number of hydrogen-bond acceptors (Lipinski definition) is 9. The molecule has 6 rings (SSSR count). The Morgan fingerprint density at radius 1 is 0.961 bits per heavy atom. The molecule has 51 heavy (non-hydrogen) atoms. The molecule has 270 valence electrons. The van der Waals surface area contributed by atoms with Crippen molar-refractivity contribution in [3.63, 3.8) is 0 Å². The average molecular weight is 700 g/mol. The van der Waals surface area contributed by atoms with Gasteiger partial charge in [0.25, 0.3) is 5.56 Å². The van der Waals surface area contributed by atoms with Gasteiger partial charge in [-0.05, 0) is 58.1 Å². The van der Waals surface area contributed by atoms with Crippen LogP contribution in [0.3, 0.4) is 0 Å². The summed E-state index contributed by atoms with van der Waals surface area (Å²) in [6.45, 7) is 5.11. The minimum absolute atomic E-state index is 0.00270. The monoisotopic (exact) mass is 699 g/mol. The quantitative estimate of drug-likeness (QED) is 0.350. The highest BCUT2D eigenvalue weighted by molar-refractivity contribution is 5.96. The van der Waals surface area contributed by atoms with Crippen LogP contribution in [0, 0.1) is 5.92 Å². The molecule has 3 aliphatic rings. The number of carbonyl (C=O) groups is 4. The fourth-order valence-corrected chi connectivity index (χ4v) is 7.37. The second-order valence-corrected chi connectivity index (χ2v) is 14.8. The number of carboxylic acids is 1. The summed E-state index contributed by atoms with van der Waals surface area (Å²) in [6, 6.07) is 4.20. The van der Waals surface area contributed by atoms with Crippen molar-refractivity contribution in [3.05, 3.63) is 65.6 Å². The predicted octanol–water partition coefficient (Wildman–Crippen LogP) is 4.11. The lowest BCUT2D eigenvalue weighted by Gasteiger charge is -2.30. The first-order valence-corrected chi connectivity index (χ1v) is 17.7. The van der Waals surface area contributed by atoms with Crippen molar-refractivity contribution in [2.45, 2.75) is 108 Å². The molecule has 0 bridgehead atoms. The second-order valence-electron chi connectivity index (χ2n) is 14.8. The van der Waals surface area contributed by atoms with E-state index in [1.165, 1.54) is 9.58 Å². The average Bonchev–Trinajstić information content (AvgIpc) is 3.61. The van der Waals surface area contributed by atoms with E-state index in [1.807, 2.05) is 6.07 Å². The number of alkyl carbamates (subject to hydrolysis) is 1. The smallest absolute Gasteiger partial charge is 0.408 e. The molecule has 1 saturated carbocycles. The zero-order valence-corrected chi connectivity index (χ0v) is 29.2. The SMILES string of the molecule is CC(C)(C)OC(=O)N[C@@H]1CCCCCCC[C@@H]2C[C@]2(C(=O)O)NC(=O)C2C[C@H](n3ncc(-c4cccnc4)c(-c4cccnc4)c3=O)CN2C1=O. The molecule has 1 aliphatic carbocycles. The Bertz CT molecular complexity index is 1830. The third-order valence-corrected chi connectivity index (χ3v) is 10.0. The van der Waals surface area contributed by atoms with Gasteiger partial charge in [-0.3, -0.25) is 24.4 Å². The lowest BCUT2D eigenvalue weighted by atomic mass is 9.99. The maximum absolute atomic E-state index is 14.4. The molecule has 0 spiro atoms. The van der Waals surface area contributed by atoms with E-state index in [0.717, 1.165) is 25.7 Å². The number of rotatable bonds is 5. The van der Waals surface area contributed by atoms with E-state index in [2.05, 4.69) is 25.7 Å². The Labute approximate surface area is 296 Å². The van der Waals surface area contributed by atoms with E-state index in [-0.39, 0.29) is 18.9 Å². The Balaban J connectivity index is 1.39. The van der Waals surface area contributed by atoms with Crippen LogP contribution < -0.4 is 16.2 Å². The van der Waals surface area contributed by atoms with Gasteiger partial charge in [-0.1, -0.05) is 44.2 Å². The van der Waals surface area contributed by atoms with Gasteiger partial charge in [-0.25, -0.2) is 14.3 Å². The van der Waals surface area contributed by atoms with Crippen molar-refractivity contribution in [1.29, 1.82) is 0 Å². The third-order valence-electron chi connectivity index (χ3n) is 10.0. The largest absolute Gasteiger partial charge is 0.479 e. The van der Waals surface area contributed by atoms with Crippen LogP contribution in [-0.4, -0.2) is 83.4 Å². The van der Waals surface area contributed by atoms with Crippen molar-refractivity contribution in [3.8, 4) is 22.3 Å². The number of ether oxygens (including phenoxy) is 1. The first kappa shape index (κ1) is 35.7. The van der Waals surface area contributed by atoms with Crippen LogP contribution >= 0.6 is 0 Å². The second kappa shape index (κ2) is 14.6. The van der Waals surface area contributed by atoms with E-state index in [1.54, 1.807) is 70.0 Å². The van der Waals surface area contributed by atoms with Crippen LogP contribution in [0.4, 0.5) is 4.79 Å². The summed E-state index contributed by atoms with van der Waals surface area (Å²) in [7, 11) is 0. The Kier molecular flexibility index (Phi) is 10.2. The highest BCUT2D eigenvalue weighted by atomic mass is 16.6. The van der Waals surface area contributed by atoms with Crippen molar-refractivity contribution >= 4 is 23.9 Å². The maximum atomic E-state index is 14.4. The van der Waals surface area contributed by atoms with Crippen molar-refractivity contribution in [2.24, 2.45) is 5.92 Å². The summed E-state index contributed by atoms with van der Waals surface area (Å²) < 4.78 is 6.77. The molecule has 0 aromatic carbocycles. The molecule has 14 nitrogen and oxygen atoms in total. The van der Waals surface area contributed by atoms with E-state index < -0.39 is 58.7 Å². The van der Waals surface area contributed by atoms with E-state index in [4.69, 9.17) is 4.74 Å². The van der Waals surface area contributed by atoms with Crippen LogP contribution in [0.5, 0.6) is 0 Å². The summed E-state index contributed by atoms with van der Waals surface area (Å²) in [5.74, 6) is -2.44.